The molecule has 6 nitrogen and oxygen atoms in total. The first-order valence-corrected chi connectivity index (χ1v) is 13.1. The van der Waals surface area contributed by atoms with Crippen molar-refractivity contribution < 1.29 is 12.8 Å². The topological polar surface area (TPSA) is 76.3 Å². The molecule has 3 aromatic carbocycles. The summed E-state index contributed by atoms with van der Waals surface area (Å²) >= 11 is 1.51. The smallest absolute Gasteiger partial charge is 0.277 e. The zero-order valence-corrected chi connectivity index (χ0v) is 19.9. The fourth-order valence-corrected chi connectivity index (χ4v) is 6.80. The Bertz CT molecular complexity index is 1370. The summed E-state index contributed by atoms with van der Waals surface area (Å²) in [5.41, 5.74) is 5.46. The highest BCUT2D eigenvalue weighted by molar-refractivity contribution is 7.99. The molecule has 5 rings (SSSR count). The van der Waals surface area contributed by atoms with Gasteiger partial charge >= 0.3 is 0 Å². The molecule has 0 saturated carbocycles. The van der Waals surface area contributed by atoms with E-state index in [9.17, 15) is 8.42 Å². The van der Waals surface area contributed by atoms with Crippen LogP contribution in [-0.4, -0.2) is 36.0 Å². The predicted octanol–water partition coefficient (Wildman–Crippen LogP) is 5.63. The van der Waals surface area contributed by atoms with Gasteiger partial charge in [0.25, 0.3) is 5.22 Å². The molecule has 1 aliphatic rings. The van der Waals surface area contributed by atoms with Crippen molar-refractivity contribution in [3.05, 3.63) is 83.9 Å². The first-order chi connectivity index (χ1) is 16.0. The highest BCUT2D eigenvalue weighted by Crippen LogP contribution is 2.51. The zero-order chi connectivity index (χ0) is 23.0. The number of nitrogens with zero attached hydrogens (tertiary/aromatic N) is 3. The van der Waals surface area contributed by atoms with E-state index in [1.807, 2.05) is 38.1 Å². The molecule has 0 unspecified atom stereocenters. The average molecular weight is 478 g/mol. The van der Waals surface area contributed by atoms with Crippen molar-refractivity contribution in [1.29, 1.82) is 0 Å². The summed E-state index contributed by atoms with van der Waals surface area (Å²) in [4.78, 5) is 0.217. The molecule has 0 radical (unpaired) electrons. The van der Waals surface area contributed by atoms with E-state index in [0.717, 1.165) is 0 Å². The van der Waals surface area contributed by atoms with Crippen LogP contribution in [0.15, 0.2) is 87.3 Å². The molecule has 0 aliphatic heterocycles. The molecule has 0 spiro atoms. The SMILES string of the molecule is CCN(CC)S(=O)(=O)c1cccc(-c2nnc(SC3c4ccccc4-c4ccccc43)o2)c1. The lowest BCUT2D eigenvalue weighted by atomic mass is 10.1. The second kappa shape index (κ2) is 8.78. The van der Waals surface area contributed by atoms with Crippen molar-refractivity contribution in [1.82, 2.24) is 14.5 Å². The second-order valence-electron chi connectivity index (χ2n) is 7.66. The normalized spacial score (nSPS) is 13.3. The first-order valence-electron chi connectivity index (χ1n) is 10.8. The highest BCUT2D eigenvalue weighted by atomic mass is 32.2. The fraction of sp³-hybridized carbons (Fsp3) is 0.200. The van der Waals surface area contributed by atoms with Crippen LogP contribution < -0.4 is 0 Å². The highest BCUT2D eigenvalue weighted by Gasteiger charge is 2.30. The summed E-state index contributed by atoms with van der Waals surface area (Å²) in [6, 6.07) is 23.4. The third-order valence-electron chi connectivity index (χ3n) is 5.83. The molecule has 0 atom stereocenters. The van der Waals surface area contributed by atoms with E-state index in [0.29, 0.717) is 29.8 Å². The Labute approximate surface area is 197 Å². The number of hydrogen-bond donors (Lipinski definition) is 0. The molecule has 1 heterocycles. The molecule has 4 aromatic rings. The Morgan fingerprint density at radius 1 is 0.879 bits per heavy atom. The van der Waals surface area contributed by atoms with Gasteiger partial charge in [0.15, 0.2) is 0 Å². The summed E-state index contributed by atoms with van der Waals surface area (Å²) < 4.78 is 33.2. The molecule has 0 N–H and O–H groups in total. The van der Waals surface area contributed by atoms with E-state index < -0.39 is 10.0 Å². The van der Waals surface area contributed by atoms with Crippen LogP contribution in [-0.2, 0) is 10.0 Å². The van der Waals surface area contributed by atoms with E-state index in [-0.39, 0.29) is 10.1 Å². The molecule has 8 heteroatoms. The molecule has 0 bridgehead atoms. The van der Waals surface area contributed by atoms with E-state index in [4.69, 9.17) is 4.42 Å². The zero-order valence-electron chi connectivity index (χ0n) is 18.3. The van der Waals surface area contributed by atoms with Crippen molar-refractivity contribution in [2.45, 2.75) is 29.2 Å². The van der Waals surface area contributed by atoms with Gasteiger partial charge in [-0.2, -0.15) is 4.31 Å². The first kappa shape index (κ1) is 21.9. The Kier molecular flexibility index (Phi) is 5.82. The van der Waals surface area contributed by atoms with Crippen LogP contribution in [0, 0.1) is 0 Å². The maximum absolute atomic E-state index is 12.9. The predicted molar refractivity (Wildman–Crippen MR) is 129 cm³/mol. The van der Waals surface area contributed by atoms with Crippen LogP contribution in [0.4, 0.5) is 0 Å². The molecule has 0 fully saturated rings. The van der Waals surface area contributed by atoms with Crippen molar-refractivity contribution in [2.24, 2.45) is 0 Å². The van der Waals surface area contributed by atoms with Gasteiger partial charge in [-0.15, -0.1) is 10.2 Å². The standard InChI is InChI=1S/C25H23N3O3S2/c1-3-28(4-2)33(29,30)18-11-9-10-17(16-18)24-26-27-25(31-24)32-23-21-14-7-5-12-19(21)20-13-6-8-15-22(20)23/h5-16,23H,3-4H2,1-2H3. The molecule has 1 aliphatic carbocycles. The van der Waals surface area contributed by atoms with Crippen LogP contribution in [0.25, 0.3) is 22.6 Å². The molecular formula is C25H23N3O3S2. The number of hydrogen-bond acceptors (Lipinski definition) is 6. The molecular weight excluding hydrogens is 454 g/mol. The Morgan fingerprint density at radius 3 is 2.15 bits per heavy atom. The number of benzene rings is 3. The molecule has 168 valence electrons. The van der Waals surface area contributed by atoms with Crippen molar-refractivity contribution in [2.75, 3.05) is 13.1 Å². The average Bonchev–Trinajstić information content (AvgIpc) is 3.44. The van der Waals surface area contributed by atoms with Crippen LogP contribution >= 0.6 is 11.8 Å². The van der Waals surface area contributed by atoms with Gasteiger partial charge in [0.2, 0.25) is 15.9 Å². The number of fused-ring (bicyclic) bond motifs is 3. The lowest BCUT2D eigenvalue weighted by Gasteiger charge is -2.18. The number of thioether (sulfide) groups is 1. The van der Waals surface area contributed by atoms with Crippen LogP contribution in [0.3, 0.4) is 0 Å². The minimum atomic E-state index is -3.57. The Balaban J connectivity index is 1.45. The number of rotatable bonds is 7. The monoisotopic (exact) mass is 477 g/mol. The van der Waals surface area contributed by atoms with Gasteiger partial charge in [0.05, 0.1) is 10.1 Å². The van der Waals surface area contributed by atoms with Gasteiger partial charge in [0, 0.05) is 18.7 Å². The van der Waals surface area contributed by atoms with E-state index in [1.54, 1.807) is 24.3 Å². The lowest BCUT2D eigenvalue weighted by Crippen LogP contribution is -2.30. The quantitative estimate of drug-likeness (QED) is 0.343. The lowest BCUT2D eigenvalue weighted by molar-refractivity contribution is 0.445. The third kappa shape index (κ3) is 3.88. The van der Waals surface area contributed by atoms with Gasteiger partial charge in [-0.3, -0.25) is 0 Å². The third-order valence-corrected chi connectivity index (χ3v) is 8.98. The minimum absolute atomic E-state index is 0.0556. The van der Waals surface area contributed by atoms with Crippen molar-refractivity contribution >= 4 is 21.8 Å². The second-order valence-corrected chi connectivity index (χ2v) is 10.7. The summed E-state index contributed by atoms with van der Waals surface area (Å²) in [7, 11) is -3.57. The summed E-state index contributed by atoms with van der Waals surface area (Å²) in [5.74, 6) is 0.300. The summed E-state index contributed by atoms with van der Waals surface area (Å²) in [5, 5.41) is 8.95. The Morgan fingerprint density at radius 2 is 1.52 bits per heavy atom. The molecule has 1 aromatic heterocycles. The van der Waals surface area contributed by atoms with Gasteiger partial charge in [-0.1, -0.05) is 80.2 Å². The van der Waals surface area contributed by atoms with Gasteiger partial charge in [-0.05, 0) is 40.5 Å². The number of sulfonamides is 1. The maximum atomic E-state index is 12.9. The van der Waals surface area contributed by atoms with Crippen LogP contribution in [0.2, 0.25) is 0 Å². The maximum Gasteiger partial charge on any atom is 0.277 e. The van der Waals surface area contributed by atoms with Gasteiger partial charge in [0.1, 0.15) is 0 Å². The molecule has 0 amide bonds. The van der Waals surface area contributed by atoms with E-state index in [2.05, 4.69) is 34.5 Å². The largest absolute Gasteiger partial charge is 0.411 e. The Hall–Kier alpha value is -2.94. The van der Waals surface area contributed by atoms with Crippen LogP contribution in [0.1, 0.15) is 30.2 Å². The van der Waals surface area contributed by atoms with Gasteiger partial charge in [-0.25, -0.2) is 8.42 Å². The summed E-state index contributed by atoms with van der Waals surface area (Å²) in [6.45, 7) is 4.47. The van der Waals surface area contributed by atoms with E-state index >= 15 is 0 Å². The molecule has 0 saturated heterocycles. The molecule has 33 heavy (non-hydrogen) atoms. The van der Waals surface area contributed by atoms with Crippen LogP contribution in [0.5, 0.6) is 0 Å². The fourth-order valence-electron chi connectivity index (χ4n) is 4.21. The minimum Gasteiger partial charge on any atom is -0.411 e. The van der Waals surface area contributed by atoms with E-state index in [1.165, 1.54) is 38.3 Å². The van der Waals surface area contributed by atoms with Gasteiger partial charge < -0.3 is 4.42 Å². The van der Waals surface area contributed by atoms with Crippen molar-refractivity contribution in [3.8, 4) is 22.6 Å². The summed E-state index contributed by atoms with van der Waals surface area (Å²) in [6.07, 6.45) is 0. The van der Waals surface area contributed by atoms with Crippen molar-refractivity contribution in [3.63, 3.8) is 0 Å². The number of aromatic nitrogens is 2.